The number of hydrogen-bond acceptors (Lipinski definition) is 2. The molecule has 0 amide bonds. The summed E-state index contributed by atoms with van der Waals surface area (Å²) in [7, 11) is 0. The maximum atomic E-state index is 9.20. The number of fused-ring (bicyclic) bond motifs is 1. The number of alkyl halides is 1. The molecular weight excluding hydrogens is 375 g/mol. The Hall–Kier alpha value is 0.350. The lowest BCUT2D eigenvalue weighted by Crippen LogP contribution is -1.90. The minimum absolute atomic E-state index is 0.116. The quantitative estimate of drug-likeness (QED) is 0.617. The summed E-state index contributed by atoms with van der Waals surface area (Å²) in [6.07, 6.45) is 0. The molecule has 1 heterocycles. The molecule has 1 aromatic heterocycles. The van der Waals surface area contributed by atoms with Crippen molar-refractivity contribution in [2.45, 2.75) is 11.9 Å². The topological polar surface area (TPSA) is 20.2 Å². The predicted molar refractivity (Wildman–Crippen MR) is 73.1 cm³/mol. The second-order valence-electron chi connectivity index (χ2n) is 2.96. The molecule has 0 spiro atoms. The Morgan fingerprint density at radius 2 is 2.21 bits per heavy atom. The number of rotatable bonds is 2. The summed E-state index contributed by atoms with van der Waals surface area (Å²) in [4.78, 5) is 0. The molecule has 1 nitrogen and oxygen atoms in total. The van der Waals surface area contributed by atoms with Gasteiger partial charge in [-0.1, -0.05) is 28.1 Å². The molecule has 0 saturated heterocycles. The molecule has 1 aromatic carbocycles. The van der Waals surface area contributed by atoms with E-state index >= 15 is 0 Å². The smallest absolute Gasteiger partial charge is 0.0685 e. The van der Waals surface area contributed by atoms with E-state index in [-0.39, 0.29) is 6.61 Å². The lowest BCUT2D eigenvalue weighted by atomic mass is 10.1. The molecule has 0 fully saturated rings. The van der Waals surface area contributed by atoms with E-state index in [9.17, 15) is 5.11 Å². The van der Waals surface area contributed by atoms with Gasteiger partial charge in [-0.15, -0.1) is 11.3 Å². The van der Waals surface area contributed by atoms with E-state index in [2.05, 4.69) is 50.0 Å². The molecule has 4 heteroatoms. The molecule has 0 aliphatic heterocycles. The van der Waals surface area contributed by atoms with Crippen LogP contribution in [0.25, 0.3) is 10.1 Å². The first-order chi connectivity index (χ1) is 6.77. The van der Waals surface area contributed by atoms with Gasteiger partial charge in [0.1, 0.15) is 0 Å². The van der Waals surface area contributed by atoms with Crippen molar-refractivity contribution in [1.82, 2.24) is 0 Å². The summed E-state index contributed by atoms with van der Waals surface area (Å²) >= 11 is 7.56. The molecule has 0 radical (unpaired) electrons. The van der Waals surface area contributed by atoms with Crippen molar-refractivity contribution in [2.24, 2.45) is 0 Å². The van der Waals surface area contributed by atoms with Crippen molar-refractivity contribution in [3.63, 3.8) is 0 Å². The van der Waals surface area contributed by atoms with Crippen LogP contribution in [0.2, 0.25) is 0 Å². The van der Waals surface area contributed by atoms with Crippen LogP contribution >= 0.6 is 49.9 Å². The fourth-order valence-electron chi connectivity index (χ4n) is 1.46. The molecular formula is C10H8BrIOS. The van der Waals surface area contributed by atoms with Crippen LogP contribution in [-0.4, -0.2) is 5.11 Å². The van der Waals surface area contributed by atoms with Crippen LogP contribution in [0.4, 0.5) is 0 Å². The molecule has 0 saturated carbocycles. The van der Waals surface area contributed by atoms with Gasteiger partial charge in [-0.25, -0.2) is 0 Å². The monoisotopic (exact) mass is 382 g/mol. The molecule has 0 aliphatic rings. The Kier molecular flexibility index (Phi) is 3.46. The lowest BCUT2D eigenvalue weighted by Gasteiger charge is -2.05. The summed E-state index contributed by atoms with van der Waals surface area (Å²) in [5.41, 5.74) is 2.24. The van der Waals surface area contributed by atoms with Crippen LogP contribution in [0.3, 0.4) is 0 Å². The van der Waals surface area contributed by atoms with E-state index in [1.54, 1.807) is 11.3 Å². The summed E-state index contributed by atoms with van der Waals surface area (Å²) in [6, 6.07) is 4.10. The summed E-state index contributed by atoms with van der Waals surface area (Å²) in [5.74, 6) is 0. The van der Waals surface area contributed by atoms with Crippen LogP contribution in [0.5, 0.6) is 0 Å². The van der Waals surface area contributed by atoms with Crippen molar-refractivity contribution < 1.29 is 5.11 Å². The fourth-order valence-corrected chi connectivity index (χ4v) is 4.30. The van der Waals surface area contributed by atoms with E-state index in [0.717, 1.165) is 10.9 Å². The Labute approximate surface area is 108 Å². The Morgan fingerprint density at radius 3 is 2.86 bits per heavy atom. The van der Waals surface area contributed by atoms with Crippen molar-refractivity contribution >= 4 is 59.9 Å². The molecule has 0 atom stereocenters. The van der Waals surface area contributed by atoms with Crippen LogP contribution in [-0.2, 0) is 11.9 Å². The van der Waals surface area contributed by atoms with Gasteiger partial charge < -0.3 is 5.11 Å². The molecule has 74 valence electrons. The van der Waals surface area contributed by atoms with Gasteiger partial charge in [-0.05, 0) is 33.7 Å². The Balaban J connectivity index is 2.77. The minimum atomic E-state index is 0.116. The van der Waals surface area contributed by atoms with E-state index in [1.807, 2.05) is 6.07 Å². The summed E-state index contributed by atoms with van der Waals surface area (Å²) in [6.45, 7) is 0.116. The number of aliphatic hydroxyl groups is 1. The number of thiophene rings is 1. The fraction of sp³-hybridized carbons (Fsp3) is 0.200. The van der Waals surface area contributed by atoms with Crippen molar-refractivity contribution in [1.29, 1.82) is 0 Å². The second kappa shape index (κ2) is 4.47. The van der Waals surface area contributed by atoms with Gasteiger partial charge in [0.2, 0.25) is 0 Å². The molecule has 14 heavy (non-hydrogen) atoms. The first-order valence-corrected chi connectivity index (χ1v) is 7.20. The molecule has 0 aliphatic carbocycles. The molecule has 0 unspecified atom stereocenters. The SMILES string of the molecule is OCc1ccc2c(I)csc2c1CBr. The highest BCUT2D eigenvalue weighted by atomic mass is 127. The summed E-state index contributed by atoms with van der Waals surface area (Å²) in [5, 5.41) is 13.4. The zero-order valence-electron chi connectivity index (χ0n) is 7.26. The highest BCUT2D eigenvalue weighted by Gasteiger charge is 2.09. The van der Waals surface area contributed by atoms with E-state index in [1.165, 1.54) is 19.2 Å². The molecule has 0 bridgehead atoms. The standard InChI is InChI=1S/C10H8BrIOS/c11-3-8-6(4-13)1-2-7-9(12)5-14-10(7)8/h1-2,5,13H,3-4H2. The van der Waals surface area contributed by atoms with Gasteiger partial charge in [-0.3, -0.25) is 0 Å². The van der Waals surface area contributed by atoms with Crippen LogP contribution in [0, 0.1) is 3.57 Å². The minimum Gasteiger partial charge on any atom is -0.392 e. The van der Waals surface area contributed by atoms with E-state index in [4.69, 9.17) is 0 Å². The highest BCUT2D eigenvalue weighted by molar-refractivity contribution is 14.1. The maximum absolute atomic E-state index is 9.20. The van der Waals surface area contributed by atoms with Gasteiger partial charge in [-0.2, -0.15) is 0 Å². The Bertz CT molecular complexity index is 466. The lowest BCUT2D eigenvalue weighted by molar-refractivity contribution is 0.281. The zero-order chi connectivity index (χ0) is 10.1. The number of halogens is 2. The van der Waals surface area contributed by atoms with Crippen LogP contribution in [0.1, 0.15) is 11.1 Å². The van der Waals surface area contributed by atoms with Gasteiger partial charge in [0, 0.05) is 24.4 Å². The molecule has 1 N–H and O–H groups in total. The van der Waals surface area contributed by atoms with Gasteiger partial charge in [0.15, 0.2) is 0 Å². The van der Waals surface area contributed by atoms with E-state index in [0.29, 0.717) is 0 Å². The molecule has 2 aromatic rings. The van der Waals surface area contributed by atoms with Crippen LogP contribution in [0.15, 0.2) is 17.5 Å². The van der Waals surface area contributed by atoms with E-state index < -0.39 is 0 Å². The van der Waals surface area contributed by atoms with Gasteiger partial charge in [0.25, 0.3) is 0 Å². The Morgan fingerprint density at radius 1 is 1.43 bits per heavy atom. The highest BCUT2D eigenvalue weighted by Crippen LogP contribution is 2.33. The predicted octanol–water partition coefficient (Wildman–Crippen LogP) is 3.89. The number of aliphatic hydroxyl groups excluding tert-OH is 1. The van der Waals surface area contributed by atoms with Gasteiger partial charge in [0.05, 0.1) is 6.61 Å². The number of hydrogen-bond donors (Lipinski definition) is 1. The third-order valence-electron chi connectivity index (χ3n) is 2.20. The third-order valence-corrected chi connectivity index (χ3v) is 5.13. The van der Waals surface area contributed by atoms with Crippen LogP contribution < -0.4 is 0 Å². The van der Waals surface area contributed by atoms with Gasteiger partial charge >= 0.3 is 0 Å². The number of benzene rings is 1. The normalized spacial score (nSPS) is 11.1. The largest absolute Gasteiger partial charge is 0.392 e. The average Bonchev–Trinajstić information content (AvgIpc) is 2.59. The zero-order valence-corrected chi connectivity index (χ0v) is 11.8. The van der Waals surface area contributed by atoms with Crippen molar-refractivity contribution in [3.05, 3.63) is 32.2 Å². The van der Waals surface area contributed by atoms with Crippen molar-refractivity contribution in [2.75, 3.05) is 0 Å². The van der Waals surface area contributed by atoms with Crippen molar-refractivity contribution in [3.8, 4) is 0 Å². The first-order valence-electron chi connectivity index (χ1n) is 4.12. The summed E-state index contributed by atoms with van der Waals surface area (Å²) < 4.78 is 2.58. The second-order valence-corrected chi connectivity index (χ2v) is 5.56. The maximum Gasteiger partial charge on any atom is 0.0685 e. The molecule has 2 rings (SSSR count). The first kappa shape index (κ1) is 10.9. The average molecular weight is 383 g/mol. The third kappa shape index (κ3) is 1.73.